The van der Waals surface area contributed by atoms with Gasteiger partial charge in [-0.2, -0.15) is 0 Å². The number of methoxy groups -OCH3 is 1. The topological polar surface area (TPSA) is 12.5 Å². The van der Waals surface area contributed by atoms with Crippen LogP contribution >= 0.6 is 15.9 Å². The smallest absolute Gasteiger partial charge is 0.0600 e. The zero-order valence-electron chi connectivity index (χ0n) is 9.34. The minimum absolute atomic E-state index is 0.471. The Balaban J connectivity index is 2.10. The normalized spacial score (nSPS) is 20.6. The average molecular weight is 264 g/mol. The molecule has 0 aromatic carbocycles. The van der Waals surface area contributed by atoms with Crippen LogP contribution in [-0.4, -0.2) is 43.6 Å². The van der Waals surface area contributed by atoms with Crippen molar-refractivity contribution in [1.29, 1.82) is 0 Å². The van der Waals surface area contributed by atoms with Crippen LogP contribution < -0.4 is 0 Å². The number of ether oxygens (including phenoxy) is 1. The summed E-state index contributed by atoms with van der Waals surface area (Å²) in [5, 5.41) is 0. The molecule has 0 radical (unpaired) electrons. The minimum Gasteiger partial charge on any atom is -0.383 e. The summed E-state index contributed by atoms with van der Waals surface area (Å²) in [6.07, 6.45) is 5.74. The summed E-state index contributed by atoms with van der Waals surface area (Å²) in [6, 6.07) is 0. The molecule has 0 amide bonds. The van der Waals surface area contributed by atoms with Crippen LogP contribution in [0.2, 0.25) is 0 Å². The van der Waals surface area contributed by atoms with Crippen molar-refractivity contribution >= 4 is 15.9 Å². The van der Waals surface area contributed by atoms with E-state index >= 15 is 0 Å². The number of halogens is 1. The molecule has 1 atom stereocenters. The van der Waals surface area contributed by atoms with Crippen molar-refractivity contribution in [1.82, 2.24) is 4.90 Å². The van der Waals surface area contributed by atoms with Gasteiger partial charge in [-0.3, -0.25) is 0 Å². The largest absolute Gasteiger partial charge is 0.383 e. The van der Waals surface area contributed by atoms with E-state index < -0.39 is 0 Å². The van der Waals surface area contributed by atoms with Crippen LogP contribution in [-0.2, 0) is 4.74 Å². The van der Waals surface area contributed by atoms with Crippen LogP contribution in [0.3, 0.4) is 0 Å². The second-order valence-electron chi connectivity index (χ2n) is 4.42. The second-order valence-corrected chi connectivity index (χ2v) is 5.72. The van der Waals surface area contributed by atoms with E-state index in [2.05, 4.69) is 27.9 Å². The molecule has 1 aliphatic carbocycles. The van der Waals surface area contributed by atoms with Gasteiger partial charge in [-0.05, 0) is 25.8 Å². The molecule has 1 fully saturated rings. The Morgan fingerprint density at radius 1 is 1.43 bits per heavy atom. The van der Waals surface area contributed by atoms with Gasteiger partial charge < -0.3 is 9.64 Å². The van der Waals surface area contributed by atoms with Crippen molar-refractivity contribution in [3.63, 3.8) is 0 Å². The fourth-order valence-electron chi connectivity index (χ4n) is 2.28. The molecule has 1 unspecified atom stereocenters. The third kappa shape index (κ3) is 4.76. The average Bonchev–Trinajstić information content (AvgIpc) is 2.56. The maximum atomic E-state index is 5.10. The third-order valence-corrected chi connectivity index (χ3v) is 3.46. The maximum absolute atomic E-state index is 5.10. The van der Waals surface area contributed by atoms with Crippen LogP contribution in [0.25, 0.3) is 0 Å². The van der Waals surface area contributed by atoms with Gasteiger partial charge in [0.05, 0.1) is 11.4 Å². The van der Waals surface area contributed by atoms with Crippen molar-refractivity contribution in [2.45, 2.75) is 30.5 Å². The van der Waals surface area contributed by atoms with Crippen molar-refractivity contribution in [2.75, 3.05) is 33.9 Å². The Morgan fingerprint density at radius 2 is 2.07 bits per heavy atom. The van der Waals surface area contributed by atoms with Gasteiger partial charge in [0.25, 0.3) is 0 Å². The first-order valence-electron chi connectivity index (χ1n) is 5.54. The molecular formula is C11H22BrNO. The number of nitrogens with zero attached hydrogens (tertiary/aromatic N) is 1. The first kappa shape index (κ1) is 12.5. The van der Waals surface area contributed by atoms with E-state index in [-0.39, 0.29) is 0 Å². The lowest BCUT2D eigenvalue weighted by Crippen LogP contribution is -2.31. The van der Waals surface area contributed by atoms with Gasteiger partial charge in [0.2, 0.25) is 0 Å². The van der Waals surface area contributed by atoms with E-state index in [4.69, 9.17) is 4.74 Å². The zero-order valence-corrected chi connectivity index (χ0v) is 10.9. The highest BCUT2D eigenvalue weighted by molar-refractivity contribution is 9.09. The van der Waals surface area contributed by atoms with Crippen LogP contribution in [0.4, 0.5) is 0 Å². The predicted octanol–water partition coefficient (Wildman–Crippen LogP) is 2.52. The Bertz CT molecular complexity index is 148. The number of rotatable bonds is 6. The lowest BCUT2D eigenvalue weighted by atomic mass is 10.1. The van der Waals surface area contributed by atoms with Gasteiger partial charge in [0, 0.05) is 20.2 Å². The molecule has 2 nitrogen and oxygen atoms in total. The lowest BCUT2D eigenvalue weighted by molar-refractivity contribution is 0.181. The Labute approximate surface area is 96.1 Å². The molecular weight excluding hydrogens is 242 g/mol. The molecule has 0 aromatic heterocycles. The number of alkyl halides is 1. The van der Waals surface area contributed by atoms with E-state index in [1.807, 2.05) is 0 Å². The van der Waals surface area contributed by atoms with Gasteiger partial charge in [-0.15, -0.1) is 0 Å². The lowest BCUT2D eigenvalue weighted by Gasteiger charge is -2.22. The molecule has 14 heavy (non-hydrogen) atoms. The van der Waals surface area contributed by atoms with Gasteiger partial charge in [0.15, 0.2) is 0 Å². The molecule has 0 heterocycles. The van der Waals surface area contributed by atoms with E-state index in [1.54, 1.807) is 7.11 Å². The summed E-state index contributed by atoms with van der Waals surface area (Å²) < 4.78 is 5.10. The minimum atomic E-state index is 0.471. The fourth-order valence-corrected chi connectivity index (χ4v) is 3.04. The quantitative estimate of drug-likeness (QED) is 0.683. The SMILES string of the molecule is COCC(Br)CN(C)CC1CCCC1. The van der Waals surface area contributed by atoms with Crippen molar-refractivity contribution in [3.8, 4) is 0 Å². The highest BCUT2D eigenvalue weighted by Crippen LogP contribution is 2.25. The highest BCUT2D eigenvalue weighted by Gasteiger charge is 2.17. The van der Waals surface area contributed by atoms with Gasteiger partial charge in [0.1, 0.15) is 0 Å². The second kappa shape index (κ2) is 6.81. The first-order chi connectivity index (χ1) is 6.72. The first-order valence-corrected chi connectivity index (χ1v) is 6.45. The zero-order chi connectivity index (χ0) is 10.4. The van der Waals surface area contributed by atoms with Gasteiger partial charge >= 0.3 is 0 Å². The van der Waals surface area contributed by atoms with E-state index in [1.165, 1.54) is 32.2 Å². The molecule has 0 aromatic rings. The monoisotopic (exact) mass is 263 g/mol. The van der Waals surface area contributed by atoms with Crippen LogP contribution in [0.5, 0.6) is 0 Å². The molecule has 0 spiro atoms. The van der Waals surface area contributed by atoms with E-state index in [0.29, 0.717) is 4.83 Å². The Morgan fingerprint density at radius 3 is 2.64 bits per heavy atom. The standard InChI is InChI=1S/C11H22BrNO/c1-13(8-11(12)9-14-2)7-10-5-3-4-6-10/h10-11H,3-9H2,1-2H3. The molecule has 0 bridgehead atoms. The van der Waals surface area contributed by atoms with Crippen molar-refractivity contribution in [2.24, 2.45) is 5.92 Å². The summed E-state index contributed by atoms with van der Waals surface area (Å²) in [6.45, 7) is 3.14. The molecule has 1 aliphatic rings. The number of hydrogen-bond donors (Lipinski definition) is 0. The predicted molar refractivity (Wildman–Crippen MR) is 64.0 cm³/mol. The summed E-state index contributed by atoms with van der Waals surface area (Å²) in [7, 11) is 3.97. The molecule has 84 valence electrons. The number of hydrogen-bond acceptors (Lipinski definition) is 2. The summed E-state index contributed by atoms with van der Waals surface area (Å²) in [5.41, 5.74) is 0. The van der Waals surface area contributed by atoms with E-state index in [9.17, 15) is 0 Å². The molecule has 0 saturated heterocycles. The molecule has 0 aliphatic heterocycles. The van der Waals surface area contributed by atoms with Crippen LogP contribution in [0, 0.1) is 5.92 Å². The van der Waals surface area contributed by atoms with Gasteiger partial charge in [-0.1, -0.05) is 28.8 Å². The maximum Gasteiger partial charge on any atom is 0.0600 e. The summed E-state index contributed by atoms with van der Waals surface area (Å²) in [4.78, 5) is 2.90. The fraction of sp³-hybridized carbons (Fsp3) is 1.00. The van der Waals surface area contributed by atoms with Crippen LogP contribution in [0.1, 0.15) is 25.7 Å². The molecule has 3 heteroatoms. The highest BCUT2D eigenvalue weighted by atomic mass is 79.9. The third-order valence-electron chi connectivity index (χ3n) is 2.90. The van der Waals surface area contributed by atoms with Crippen LogP contribution in [0.15, 0.2) is 0 Å². The van der Waals surface area contributed by atoms with E-state index in [0.717, 1.165) is 19.1 Å². The van der Waals surface area contributed by atoms with Crippen molar-refractivity contribution < 1.29 is 4.74 Å². The molecule has 0 N–H and O–H groups in total. The Hall–Kier alpha value is 0.400. The summed E-state index contributed by atoms with van der Waals surface area (Å²) >= 11 is 3.62. The van der Waals surface area contributed by atoms with Crippen molar-refractivity contribution in [3.05, 3.63) is 0 Å². The molecule has 1 rings (SSSR count). The molecule has 1 saturated carbocycles. The summed E-state index contributed by atoms with van der Waals surface area (Å²) in [5.74, 6) is 0.947. The Kier molecular flexibility index (Phi) is 6.06. The van der Waals surface area contributed by atoms with Gasteiger partial charge in [-0.25, -0.2) is 0 Å².